The first-order valence-corrected chi connectivity index (χ1v) is 7.97. The molecule has 2 fully saturated rings. The average molecular weight is 274 g/mol. The molecule has 3 rings (SSSR count). The predicted molar refractivity (Wildman–Crippen MR) is 84.3 cm³/mol. The van der Waals surface area contributed by atoms with Crippen LogP contribution in [0.5, 0.6) is 5.75 Å². The zero-order valence-electron chi connectivity index (χ0n) is 12.6. The lowest BCUT2D eigenvalue weighted by molar-refractivity contribution is 0.242. The summed E-state index contributed by atoms with van der Waals surface area (Å²) < 4.78 is 5.82. The van der Waals surface area contributed by atoms with Crippen molar-refractivity contribution in [3.63, 3.8) is 0 Å². The van der Waals surface area contributed by atoms with E-state index >= 15 is 0 Å². The Bertz CT molecular complexity index is 472. The van der Waals surface area contributed by atoms with Crippen LogP contribution in [0.1, 0.15) is 46.0 Å². The van der Waals surface area contributed by atoms with Crippen molar-refractivity contribution in [2.75, 3.05) is 17.2 Å². The molecule has 2 atom stereocenters. The second-order valence-corrected chi connectivity index (χ2v) is 6.52. The van der Waals surface area contributed by atoms with Crippen LogP contribution in [-0.2, 0) is 0 Å². The molecule has 0 amide bonds. The number of ether oxygens (including phenoxy) is 1. The maximum atomic E-state index is 6.06. The van der Waals surface area contributed by atoms with Gasteiger partial charge < -0.3 is 15.4 Å². The molecule has 1 aliphatic carbocycles. The summed E-state index contributed by atoms with van der Waals surface area (Å²) >= 11 is 0. The van der Waals surface area contributed by atoms with Crippen molar-refractivity contribution >= 4 is 11.4 Å². The van der Waals surface area contributed by atoms with Crippen LogP contribution in [0.15, 0.2) is 18.2 Å². The second-order valence-electron chi connectivity index (χ2n) is 6.52. The first-order valence-electron chi connectivity index (χ1n) is 7.97. The molecule has 20 heavy (non-hydrogen) atoms. The van der Waals surface area contributed by atoms with Gasteiger partial charge in [-0.15, -0.1) is 0 Å². The van der Waals surface area contributed by atoms with Gasteiger partial charge in [0.1, 0.15) is 5.75 Å². The third-order valence-electron chi connectivity index (χ3n) is 4.63. The highest BCUT2D eigenvalue weighted by atomic mass is 16.5. The monoisotopic (exact) mass is 274 g/mol. The third kappa shape index (κ3) is 2.72. The second kappa shape index (κ2) is 5.55. The minimum Gasteiger partial charge on any atom is -0.491 e. The number of benzene rings is 1. The molecule has 1 aliphatic heterocycles. The maximum absolute atomic E-state index is 6.06. The van der Waals surface area contributed by atoms with E-state index in [1.54, 1.807) is 0 Å². The van der Waals surface area contributed by atoms with E-state index in [-0.39, 0.29) is 6.10 Å². The van der Waals surface area contributed by atoms with Gasteiger partial charge in [-0.1, -0.05) is 12.8 Å². The van der Waals surface area contributed by atoms with Crippen LogP contribution < -0.4 is 15.4 Å². The Morgan fingerprint density at radius 3 is 2.75 bits per heavy atom. The molecule has 1 saturated heterocycles. The molecule has 110 valence electrons. The van der Waals surface area contributed by atoms with Crippen molar-refractivity contribution in [3.8, 4) is 5.75 Å². The third-order valence-corrected chi connectivity index (χ3v) is 4.63. The Morgan fingerprint density at radius 1 is 1.15 bits per heavy atom. The molecule has 2 unspecified atom stereocenters. The van der Waals surface area contributed by atoms with Crippen molar-refractivity contribution in [2.45, 2.75) is 58.1 Å². The fraction of sp³-hybridized carbons (Fsp3) is 0.647. The summed E-state index contributed by atoms with van der Waals surface area (Å²) in [4.78, 5) is 2.56. The Morgan fingerprint density at radius 2 is 1.95 bits per heavy atom. The highest BCUT2D eigenvalue weighted by molar-refractivity contribution is 5.61. The molecule has 2 N–H and O–H groups in total. The molecule has 3 nitrogen and oxygen atoms in total. The summed E-state index contributed by atoms with van der Waals surface area (Å²) in [6, 6.07) is 6.91. The highest BCUT2D eigenvalue weighted by Crippen LogP contribution is 2.40. The van der Waals surface area contributed by atoms with E-state index in [0.717, 1.165) is 23.4 Å². The van der Waals surface area contributed by atoms with Crippen molar-refractivity contribution < 1.29 is 4.74 Å². The van der Waals surface area contributed by atoms with Crippen molar-refractivity contribution in [2.24, 2.45) is 5.92 Å². The van der Waals surface area contributed by atoms with Gasteiger partial charge in [-0.3, -0.25) is 0 Å². The van der Waals surface area contributed by atoms with Crippen LogP contribution in [0.2, 0.25) is 0 Å². The van der Waals surface area contributed by atoms with E-state index in [9.17, 15) is 0 Å². The summed E-state index contributed by atoms with van der Waals surface area (Å²) in [5.74, 6) is 1.79. The van der Waals surface area contributed by atoms with Gasteiger partial charge >= 0.3 is 0 Å². The fourth-order valence-corrected chi connectivity index (χ4v) is 3.84. The van der Waals surface area contributed by atoms with Gasteiger partial charge in [0.15, 0.2) is 0 Å². The van der Waals surface area contributed by atoms with E-state index < -0.39 is 0 Å². The number of rotatable bonds is 3. The van der Waals surface area contributed by atoms with E-state index in [2.05, 4.69) is 30.9 Å². The Hall–Kier alpha value is -1.38. The predicted octanol–water partition coefficient (Wildman–Crippen LogP) is 3.82. The number of nitrogens with zero attached hydrogens (tertiary/aromatic N) is 1. The van der Waals surface area contributed by atoms with Gasteiger partial charge in [0.25, 0.3) is 0 Å². The van der Waals surface area contributed by atoms with Crippen molar-refractivity contribution in [1.82, 2.24) is 0 Å². The summed E-state index contributed by atoms with van der Waals surface area (Å²) in [6.45, 7) is 5.27. The van der Waals surface area contributed by atoms with Gasteiger partial charge in [0.05, 0.1) is 6.10 Å². The van der Waals surface area contributed by atoms with E-state index in [0.29, 0.717) is 0 Å². The summed E-state index contributed by atoms with van der Waals surface area (Å²) in [5, 5.41) is 0. The lowest BCUT2D eigenvalue weighted by Crippen LogP contribution is -2.34. The number of hydrogen-bond acceptors (Lipinski definition) is 3. The molecule has 1 saturated carbocycles. The molecule has 0 spiro atoms. The lowest BCUT2D eigenvalue weighted by Gasteiger charge is -2.33. The zero-order valence-corrected chi connectivity index (χ0v) is 12.6. The van der Waals surface area contributed by atoms with Gasteiger partial charge in [0.2, 0.25) is 0 Å². The molecular weight excluding hydrogens is 248 g/mol. The first kappa shape index (κ1) is 13.6. The van der Waals surface area contributed by atoms with Crippen LogP contribution >= 0.6 is 0 Å². The number of fused-ring (bicyclic) bond motifs is 1. The Balaban J connectivity index is 1.84. The first-order chi connectivity index (χ1) is 9.63. The molecule has 1 aromatic rings. The molecule has 1 aromatic carbocycles. The van der Waals surface area contributed by atoms with Crippen molar-refractivity contribution in [1.29, 1.82) is 0 Å². The standard InChI is InChI=1S/C17H26N2O/c1-12(2)20-16-10-14(18)9-15(11-16)19-8-7-13-5-3-4-6-17(13)19/h9-13,17H,3-8,18H2,1-2H3. The van der Waals surface area contributed by atoms with Crippen LogP contribution in [0.25, 0.3) is 0 Å². The molecule has 0 radical (unpaired) electrons. The van der Waals surface area contributed by atoms with Gasteiger partial charge in [-0.05, 0) is 45.1 Å². The molecule has 1 heterocycles. The SMILES string of the molecule is CC(C)Oc1cc(N)cc(N2CCC3CCCCC32)c1. The zero-order chi connectivity index (χ0) is 14.1. The lowest BCUT2D eigenvalue weighted by atomic mass is 9.85. The number of nitrogen functional groups attached to an aromatic ring is 1. The minimum atomic E-state index is 0.186. The summed E-state index contributed by atoms with van der Waals surface area (Å²) in [6.07, 6.45) is 7.03. The Kier molecular flexibility index (Phi) is 3.77. The molecule has 2 aliphatic rings. The van der Waals surface area contributed by atoms with Gasteiger partial charge in [0, 0.05) is 36.1 Å². The quantitative estimate of drug-likeness (QED) is 0.851. The van der Waals surface area contributed by atoms with E-state index in [1.165, 1.54) is 44.3 Å². The van der Waals surface area contributed by atoms with Crippen molar-refractivity contribution in [3.05, 3.63) is 18.2 Å². The molecular formula is C17H26N2O. The number of hydrogen-bond donors (Lipinski definition) is 1. The van der Waals surface area contributed by atoms with Crippen LogP contribution in [-0.4, -0.2) is 18.7 Å². The largest absolute Gasteiger partial charge is 0.491 e. The molecule has 0 bridgehead atoms. The van der Waals surface area contributed by atoms with Crippen LogP contribution in [0, 0.1) is 5.92 Å². The fourth-order valence-electron chi connectivity index (χ4n) is 3.84. The minimum absolute atomic E-state index is 0.186. The highest BCUT2D eigenvalue weighted by Gasteiger charge is 2.35. The topological polar surface area (TPSA) is 38.5 Å². The maximum Gasteiger partial charge on any atom is 0.123 e. The average Bonchev–Trinajstić information content (AvgIpc) is 2.80. The molecule has 0 aromatic heterocycles. The smallest absolute Gasteiger partial charge is 0.123 e. The van der Waals surface area contributed by atoms with Crippen LogP contribution in [0.4, 0.5) is 11.4 Å². The summed E-state index contributed by atoms with van der Waals surface area (Å²) in [7, 11) is 0. The number of nitrogens with two attached hydrogens (primary N) is 1. The normalized spacial score (nSPS) is 25.9. The molecule has 3 heteroatoms. The van der Waals surface area contributed by atoms with E-state index in [4.69, 9.17) is 10.5 Å². The summed E-state index contributed by atoms with van der Waals surface area (Å²) in [5.41, 5.74) is 8.11. The van der Waals surface area contributed by atoms with Gasteiger partial charge in [-0.25, -0.2) is 0 Å². The van der Waals surface area contributed by atoms with Gasteiger partial charge in [-0.2, -0.15) is 0 Å². The van der Waals surface area contributed by atoms with Crippen LogP contribution in [0.3, 0.4) is 0 Å². The Labute approximate surface area is 122 Å². The van der Waals surface area contributed by atoms with E-state index in [1.807, 2.05) is 6.07 Å². The number of anilines is 2.